The van der Waals surface area contributed by atoms with Gasteiger partial charge in [0.05, 0.1) is 6.20 Å². The van der Waals surface area contributed by atoms with Gasteiger partial charge in [-0.2, -0.15) is 0 Å². The highest BCUT2D eigenvalue weighted by atomic mass is 16.1. The van der Waals surface area contributed by atoms with Crippen LogP contribution in [0.4, 0.5) is 5.82 Å². The van der Waals surface area contributed by atoms with E-state index in [2.05, 4.69) is 20.6 Å². The minimum Gasteiger partial charge on any atom is -0.384 e. The maximum absolute atomic E-state index is 11.7. The number of carbonyl (C=O) groups is 1. The van der Waals surface area contributed by atoms with E-state index >= 15 is 0 Å². The molecule has 0 saturated carbocycles. The van der Waals surface area contributed by atoms with Gasteiger partial charge in [0.15, 0.2) is 0 Å². The first-order valence-corrected chi connectivity index (χ1v) is 5.60. The fourth-order valence-corrected chi connectivity index (χ4v) is 1.46. The van der Waals surface area contributed by atoms with E-state index in [9.17, 15) is 4.79 Å². The third-order valence-corrected chi connectivity index (χ3v) is 2.32. The number of anilines is 1. The van der Waals surface area contributed by atoms with Crippen LogP contribution in [0.2, 0.25) is 0 Å². The summed E-state index contributed by atoms with van der Waals surface area (Å²) in [4.78, 5) is 15.6. The second kappa shape index (κ2) is 5.76. The fourth-order valence-electron chi connectivity index (χ4n) is 1.46. The number of rotatable bonds is 5. The van der Waals surface area contributed by atoms with Crippen molar-refractivity contribution < 1.29 is 4.79 Å². The predicted molar refractivity (Wildman–Crippen MR) is 65.6 cm³/mol. The van der Waals surface area contributed by atoms with Crippen LogP contribution < -0.4 is 11.1 Å². The van der Waals surface area contributed by atoms with Crippen molar-refractivity contribution in [2.75, 3.05) is 12.3 Å². The molecule has 0 aromatic carbocycles. The number of nitrogens with two attached hydrogens (primary N) is 1. The van der Waals surface area contributed by atoms with Crippen molar-refractivity contribution in [2.24, 2.45) is 0 Å². The number of amides is 1. The highest BCUT2D eigenvalue weighted by molar-refractivity contribution is 5.92. The Morgan fingerprint density at radius 2 is 2.33 bits per heavy atom. The first kappa shape index (κ1) is 12.0. The zero-order valence-corrected chi connectivity index (χ0v) is 9.78. The minimum atomic E-state index is -0.221. The number of hydrogen-bond donors (Lipinski definition) is 2. The molecule has 18 heavy (non-hydrogen) atoms. The van der Waals surface area contributed by atoms with E-state index in [1.165, 1.54) is 0 Å². The molecule has 94 valence electrons. The largest absolute Gasteiger partial charge is 0.384 e. The zero-order chi connectivity index (χ0) is 12.8. The summed E-state index contributed by atoms with van der Waals surface area (Å²) < 4.78 is 1.71. The van der Waals surface area contributed by atoms with Crippen LogP contribution in [0.5, 0.6) is 0 Å². The molecular formula is C11H14N6O. The maximum atomic E-state index is 11.7. The summed E-state index contributed by atoms with van der Waals surface area (Å²) in [6, 6.07) is 4.97. The van der Waals surface area contributed by atoms with Gasteiger partial charge in [-0.05, 0) is 18.6 Å². The lowest BCUT2D eigenvalue weighted by Crippen LogP contribution is -2.26. The maximum Gasteiger partial charge on any atom is 0.269 e. The average Bonchev–Trinajstić information content (AvgIpc) is 2.87. The fraction of sp³-hybridized carbons (Fsp3) is 0.273. The third-order valence-electron chi connectivity index (χ3n) is 2.32. The number of aromatic nitrogens is 4. The van der Waals surface area contributed by atoms with Gasteiger partial charge >= 0.3 is 0 Å². The Morgan fingerprint density at radius 1 is 1.44 bits per heavy atom. The number of nitrogens with zero attached hydrogens (tertiary/aromatic N) is 4. The van der Waals surface area contributed by atoms with Crippen molar-refractivity contribution >= 4 is 11.7 Å². The highest BCUT2D eigenvalue weighted by Crippen LogP contribution is 2.00. The molecule has 7 nitrogen and oxygen atoms in total. The summed E-state index contributed by atoms with van der Waals surface area (Å²) in [5.74, 6) is 0.117. The molecule has 3 N–H and O–H groups in total. The van der Waals surface area contributed by atoms with Crippen LogP contribution in [0.1, 0.15) is 16.9 Å². The molecule has 0 fully saturated rings. The van der Waals surface area contributed by atoms with Crippen molar-refractivity contribution in [3.63, 3.8) is 0 Å². The summed E-state index contributed by atoms with van der Waals surface area (Å²) in [6.45, 7) is 1.26. The SMILES string of the molecule is Nc1cccc(C(=O)NCCCn2ccnn2)n1. The number of nitrogens with one attached hydrogen (secondary N) is 1. The summed E-state index contributed by atoms with van der Waals surface area (Å²) in [5.41, 5.74) is 5.84. The van der Waals surface area contributed by atoms with Crippen LogP contribution in [0.3, 0.4) is 0 Å². The molecule has 0 atom stereocenters. The van der Waals surface area contributed by atoms with Crippen LogP contribution in [-0.4, -0.2) is 32.4 Å². The molecule has 0 saturated heterocycles. The van der Waals surface area contributed by atoms with E-state index in [1.54, 1.807) is 35.3 Å². The van der Waals surface area contributed by atoms with Crippen molar-refractivity contribution in [1.29, 1.82) is 0 Å². The highest BCUT2D eigenvalue weighted by Gasteiger charge is 2.06. The van der Waals surface area contributed by atoms with Crippen LogP contribution in [-0.2, 0) is 6.54 Å². The van der Waals surface area contributed by atoms with Crippen LogP contribution in [0, 0.1) is 0 Å². The van der Waals surface area contributed by atoms with E-state index in [-0.39, 0.29) is 5.91 Å². The lowest BCUT2D eigenvalue weighted by atomic mass is 10.3. The van der Waals surface area contributed by atoms with Crippen molar-refractivity contribution in [2.45, 2.75) is 13.0 Å². The number of nitrogen functional groups attached to an aromatic ring is 1. The molecule has 2 rings (SSSR count). The number of pyridine rings is 1. The van der Waals surface area contributed by atoms with Gasteiger partial charge in [0.25, 0.3) is 5.91 Å². The lowest BCUT2D eigenvalue weighted by molar-refractivity contribution is 0.0947. The van der Waals surface area contributed by atoms with Gasteiger partial charge in [-0.15, -0.1) is 5.10 Å². The molecule has 2 aromatic heterocycles. The van der Waals surface area contributed by atoms with Crippen LogP contribution in [0.25, 0.3) is 0 Å². The Hall–Kier alpha value is -2.44. The molecule has 0 aliphatic carbocycles. The van der Waals surface area contributed by atoms with Crippen molar-refractivity contribution in [3.05, 3.63) is 36.3 Å². The molecule has 2 aromatic rings. The first-order chi connectivity index (χ1) is 8.75. The Labute approximate surface area is 104 Å². The molecule has 0 bridgehead atoms. The Balaban J connectivity index is 1.75. The van der Waals surface area contributed by atoms with Crippen LogP contribution in [0.15, 0.2) is 30.6 Å². The van der Waals surface area contributed by atoms with Crippen molar-refractivity contribution in [1.82, 2.24) is 25.3 Å². The molecular weight excluding hydrogens is 232 g/mol. The summed E-state index contributed by atoms with van der Waals surface area (Å²) >= 11 is 0. The van der Waals surface area contributed by atoms with Crippen LogP contribution >= 0.6 is 0 Å². The molecule has 0 aliphatic rings. The molecule has 0 unspecified atom stereocenters. The normalized spacial score (nSPS) is 10.2. The first-order valence-electron chi connectivity index (χ1n) is 5.60. The second-order valence-corrected chi connectivity index (χ2v) is 3.72. The summed E-state index contributed by atoms with van der Waals surface area (Å²) in [6.07, 6.45) is 4.17. The van der Waals surface area contributed by atoms with Gasteiger partial charge in [-0.1, -0.05) is 11.3 Å². The Morgan fingerprint density at radius 3 is 3.06 bits per heavy atom. The van der Waals surface area contributed by atoms with Gasteiger partial charge in [-0.25, -0.2) is 4.98 Å². The van der Waals surface area contributed by atoms with Gasteiger partial charge < -0.3 is 11.1 Å². The predicted octanol–water partition coefficient (Wildman–Crippen LogP) is 0.0754. The monoisotopic (exact) mass is 246 g/mol. The topological polar surface area (TPSA) is 98.7 Å². The number of carbonyl (C=O) groups excluding carboxylic acids is 1. The van der Waals surface area contributed by atoms with Gasteiger partial charge in [0, 0.05) is 19.3 Å². The summed E-state index contributed by atoms with van der Waals surface area (Å²) in [5, 5.41) is 10.3. The van der Waals surface area contributed by atoms with Gasteiger partial charge in [0.1, 0.15) is 11.5 Å². The van der Waals surface area contributed by atoms with E-state index < -0.39 is 0 Å². The molecule has 7 heteroatoms. The van der Waals surface area contributed by atoms with Crippen molar-refractivity contribution in [3.8, 4) is 0 Å². The van der Waals surface area contributed by atoms with Gasteiger partial charge in [0.2, 0.25) is 0 Å². The second-order valence-electron chi connectivity index (χ2n) is 3.72. The molecule has 0 aliphatic heterocycles. The summed E-state index contributed by atoms with van der Waals surface area (Å²) in [7, 11) is 0. The van der Waals surface area contributed by atoms with E-state index in [0.717, 1.165) is 6.42 Å². The smallest absolute Gasteiger partial charge is 0.269 e. The zero-order valence-electron chi connectivity index (χ0n) is 9.78. The Kier molecular flexibility index (Phi) is 3.85. The third kappa shape index (κ3) is 3.27. The Bertz CT molecular complexity index is 510. The number of hydrogen-bond acceptors (Lipinski definition) is 5. The lowest BCUT2D eigenvalue weighted by Gasteiger charge is -2.05. The minimum absolute atomic E-state index is 0.221. The van der Waals surface area contributed by atoms with E-state index in [4.69, 9.17) is 5.73 Å². The quantitative estimate of drug-likeness (QED) is 0.728. The molecule has 0 spiro atoms. The average molecular weight is 246 g/mol. The number of aryl methyl sites for hydroxylation is 1. The molecule has 0 radical (unpaired) electrons. The van der Waals surface area contributed by atoms with E-state index in [1.807, 2.05) is 0 Å². The standard InChI is InChI=1S/C11H14N6O/c12-10-4-1-3-9(15-10)11(18)13-5-2-7-17-8-6-14-16-17/h1,3-4,6,8H,2,5,7H2,(H2,12,15)(H,13,18). The van der Waals surface area contributed by atoms with E-state index in [0.29, 0.717) is 24.6 Å². The molecule has 2 heterocycles. The van der Waals surface area contributed by atoms with Gasteiger partial charge in [-0.3, -0.25) is 9.48 Å². The molecule has 1 amide bonds.